The zero-order valence-electron chi connectivity index (χ0n) is 10.3. The van der Waals surface area contributed by atoms with Gasteiger partial charge < -0.3 is 9.84 Å². The molecule has 0 spiro atoms. The van der Waals surface area contributed by atoms with Crippen molar-refractivity contribution in [2.45, 2.75) is 6.92 Å². The van der Waals surface area contributed by atoms with E-state index in [0.29, 0.717) is 10.8 Å². The molecule has 0 bridgehead atoms. The average Bonchev–Trinajstić information content (AvgIpc) is 2.36. The lowest BCUT2D eigenvalue weighted by Crippen LogP contribution is -2.07. The first-order valence-corrected chi connectivity index (χ1v) is 5.46. The fourth-order valence-corrected chi connectivity index (χ4v) is 2.22. The van der Waals surface area contributed by atoms with Crippen molar-refractivity contribution >= 4 is 22.4 Å². The first kappa shape index (κ1) is 12.8. The van der Waals surface area contributed by atoms with Gasteiger partial charge in [0.2, 0.25) is 0 Å². The van der Waals surface area contributed by atoms with E-state index in [1.165, 1.54) is 14.0 Å². The number of nitrogens with zero attached hydrogens (tertiary/aromatic N) is 1. The average molecular weight is 261 g/mol. The predicted octanol–water partition coefficient (Wildman–Crippen LogP) is 2.76. The topological polar surface area (TPSA) is 89.7 Å². The molecular formula is C13H11NO5. The minimum Gasteiger partial charge on any atom is -0.495 e. The second kappa shape index (κ2) is 4.56. The summed E-state index contributed by atoms with van der Waals surface area (Å²) in [6.45, 7) is 1.41. The highest BCUT2D eigenvalue weighted by molar-refractivity contribution is 6.06. The number of hydrogen-bond acceptors (Lipinski definition) is 4. The number of nitro groups is 1. The van der Waals surface area contributed by atoms with Crippen LogP contribution in [0.4, 0.5) is 5.69 Å². The van der Waals surface area contributed by atoms with Crippen molar-refractivity contribution in [1.82, 2.24) is 0 Å². The second-order valence-corrected chi connectivity index (χ2v) is 3.99. The largest absolute Gasteiger partial charge is 0.495 e. The summed E-state index contributed by atoms with van der Waals surface area (Å²) in [5.41, 5.74) is -0.283. The fraction of sp³-hybridized carbons (Fsp3) is 0.154. The summed E-state index contributed by atoms with van der Waals surface area (Å²) in [5.74, 6) is -1.10. The van der Waals surface area contributed by atoms with Gasteiger partial charge in [-0.3, -0.25) is 10.1 Å². The molecule has 0 aliphatic rings. The minimum atomic E-state index is -1.25. The quantitative estimate of drug-likeness (QED) is 0.677. The Hall–Kier alpha value is -2.63. The van der Waals surface area contributed by atoms with Gasteiger partial charge >= 0.3 is 5.97 Å². The van der Waals surface area contributed by atoms with Crippen LogP contribution in [0.3, 0.4) is 0 Å². The van der Waals surface area contributed by atoms with Gasteiger partial charge in [0.25, 0.3) is 5.69 Å². The van der Waals surface area contributed by atoms with Crippen LogP contribution in [-0.2, 0) is 0 Å². The van der Waals surface area contributed by atoms with Crippen LogP contribution in [0.25, 0.3) is 10.8 Å². The lowest BCUT2D eigenvalue weighted by Gasteiger charge is -2.12. The number of hydrogen-bond donors (Lipinski definition) is 1. The maximum absolute atomic E-state index is 11.3. The summed E-state index contributed by atoms with van der Waals surface area (Å²) in [5, 5.41) is 21.2. The first-order valence-electron chi connectivity index (χ1n) is 5.46. The summed E-state index contributed by atoms with van der Waals surface area (Å²) in [7, 11) is 1.35. The summed E-state index contributed by atoms with van der Waals surface area (Å²) < 4.78 is 5.13. The molecule has 0 aliphatic carbocycles. The first-order chi connectivity index (χ1) is 8.99. The monoisotopic (exact) mass is 261 g/mol. The van der Waals surface area contributed by atoms with E-state index in [1.54, 1.807) is 24.3 Å². The van der Waals surface area contributed by atoms with E-state index in [4.69, 9.17) is 4.74 Å². The smallest absolute Gasteiger partial charge is 0.340 e. The van der Waals surface area contributed by atoms with Crippen molar-refractivity contribution in [3.05, 3.63) is 45.5 Å². The standard InChI is InChI=1S/C13H11NO5/c1-7-10(13(15)16)12(19-2)9-6-4-3-5-8(9)11(7)14(17)18/h3-6H,1-2H3,(H,15,16). The van der Waals surface area contributed by atoms with E-state index in [9.17, 15) is 20.0 Å². The Kier molecular flexibility index (Phi) is 3.08. The van der Waals surface area contributed by atoms with Gasteiger partial charge in [-0.25, -0.2) is 4.79 Å². The van der Waals surface area contributed by atoms with Gasteiger partial charge in [-0.2, -0.15) is 0 Å². The molecule has 1 N–H and O–H groups in total. The molecule has 0 aromatic heterocycles. The Morgan fingerprint density at radius 1 is 1.32 bits per heavy atom. The van der Waals surface area contributed by atoms with E-state index >= 15 is 0 Å². The van der Waals surface area contributed by atoms with Gasteiger partial charge in [0.05, 0.1) is 17.4 Å². The van der Waals surface area contributed by atoms with Crippen LogP contribution in [0.2, 0.25) is 0 Å². The highest BCUT2D eigenvalue weighted by Gasteiger charge is 2.27. The van der Waals surface area contributed by atoms with Crippen molar-refractivity contribution in [1.29, 1.82) is 0 Å². The van der Waals surface area contributed by atoms with Gasteiger partial charge in [0.15, 0.2) is 0 Å². The number of nitro benzene ring substituents is 1. The number of carboxylic acid groups (broad SMARTS) is 1. The van der Waals surface area contributed by atoms with Gasteiger partial charge in [0, 0.05) is 10.9 Å². The van der Waals surface area contributed by atoms with Crippen LogP contribution in [0.5, 0.6) is 5.75 Å². The molecule has 2 rings (SSSR count). The maximum Gasteiger partial charge on any atom is 0.340 e. The van der Waals surface area contributed by atoms with Crippen LogP contribution in [-0.4, -0.2) is 23.1 Å². The van der Waals surface area contributed by atoms with Crippen molar-refractivity contribution in [3.8, 4) is 5.75 Å². The summed E-state index contributed by atoms with van der Waals surface area (Å²) in [6.07, 6.45) is 0. The molecule has 0 atom stereocenters. The van der Waals surface area contributed by atoms with Crippen LogP contribution in [0, 0.1) is 17.0 Å². The third kappa shape index (κ3) is 1.87. The molecular weight excluding hydrogens is 250 g/mol. The maximum atomic E-state index is 11.3. The normalized spacial score (nSPS) is 10.4. The molecule has 0 fully saturated rings. The lowest BCUT2D eigenvalue weighted by molar-refractivity contribution is -0.383. The SMILES string of the molecule is COc1c(C(=O)O)c(C)c([N+](=O)[O-])c2ccccc12. The summed E-state index contributed by atoms with van der Waals surface area (Å²) in [4.78, 5) is 21.9. The molecule has 0 aliphatic heterocycles. The molecule has 0 amide bonds. The molecule has 0 saturated carbocycles. The highest BCUT2D eigenvalue weighted by atomic mass is 16.6. The Labute approximate surface area is 108 Å². The summed E-state index contributed by atoms with van der Waals surface area (Å²) >= 11 is 0. The molecule has 6 nitrogen and oxygen atoms in total. The number of ether oxygens (including phenoxy) is 1. The zero-order chi connectivity index (χ0) is 14.2. The number of methoxy groups -OCH3 is 1. The highest BCUT2D eigenvalue weighted by Crippen LogP contribution is 2.39. The minimum absolute atomic E-state index is 0.0908. The number of rotatable bonds is 3. The molecule has 0 unspecified atom stereocenters. The van der Waals surface area contributed by atoms with Crippen molar-refractivity contribution in [2.75, 3.05) is 7.11 Å². The van der Waals surface area contributed by atoms with Crippen molar-refractivity contribution in [3.63, 3.8) is 0 Å². The fourth-order valence-electron chi connectivity index (χ4n) is 2.22. The van der Waals surface area contributed by atoms with E-state index < -0.39 is 10.9 Å². The van der Waals surface area contributed by atoms with Crippen LogP contribution < -0.4 is 4.74 Å². The third-order valence-corrected chi connectivity index (χ3v) is 2.98. The van der Waals surface area contributed by atoms with E-state index in [1.807, 2.05) is 0 Å². The van der Waals surface area contributed by atoms with Gasteiger partial charge in [0.1, 0.15) is 11.3 Å². The second-order valence-electron chi connectivity index (χ2n) is 3.99. The number of aromatic carboxylic acids is 1. The van der Waals surface area contributed by atoms with Crippen molar-refractivity contribution < 1.29 is 19.6 Å². The van der Waals surface area contributed by atoms with Gasteiger partial charge in [-0.15, -0.1) is 0 Å². The third-order valence-electron chi connectivity index (χ3n) is 2.98. The number of carbonyl (C=O) groups is 1. The number of carboxylic acids is 1. The van der Waals surface area contributed by atoms with Gasteiger partial charge in [-0.1, -0.05) is 18.2 Å². The van der Waals surface area contributed by atoms with Crippen LogP contribution >= 0.6 is 0 Å². The molecule has 2 aromatic carbocycles. The Bertz CT molecular complexity index is 693. The Morgan fingerprint density at radius 3 is 2.37 bits per heavy atom. The lowest BCUT2D eigenvalue weighted by atomic mass is 9.97. The number of benzene rings is 2. The molecule has 19 heavy (non-hydrogen) atoms. The molecule has 98 valence electrons. The van der Waals surface area contributed by atoms with E-state index in [-0.39, 0.29) is 22.6 Å². The van der Waals surface area contributed by atoms with Crippen LogP contribution in [0.1, 0.15) is 15.9 Å². The predicted molar refractivity (Wildman–Crippen MR) is 68.9 cm³/mol. The zero-order valence-corrected chi connectivity index (χ0v) is 10.3. The molecule has 2 aromatic rings. The molecule has 0 radical (unpaired) electrons. The van der Waals surface area contributed by atoms with E-state index in [0.717, 1.165) is 0 Å². The summed E-state index contributed by atoms with van der Waals surface area (Å²) in [6, 6.07) is 6.52. The van der Waals surface area contributed by atoms with Crippen LogP contribution in [0.15, 0.2) is 24.3 Å². The Balaban J connectivity index is 3.07. The van der Waals surface area contributed by atoms with Crippen molar-refractivity contribution in [2.24, 2.45) is 0 Å². The Morgan fingerprint density at radius 2 is 1.89 bits per heavy atom. The molecule has 0 heterocycles. The molecule has 0 saturated heterocycles. The van der Waals surface area contributed by atoms with Gasteiger partial charge in [-0.05, 0) is 13.0 Å². The molecule has 6 heteroatoms. The number of fused-ring (bicyclic) bond motifs is 1. The van der Waals surface area contributed by atoms with E-state index in [2.05, 4.69) is 0 Å².